The van der Waals surface area contributed by atoms with E-state index < -0.39 is 0 Å². The van der Waals surface area contributed by atoms with E-state index in [4.69, 9.17) is 19.5 Å². The maximum atomic E-state index is 12.0. The van der Waals surface area contributed by atoms with Crippen molar-refractivity contribution in [3.8, 4) is 17.6 Å². The molecule has 2 fully saturated rings. The minimum Gasteiger partial charge on any atom is -0.486 e. The molecule has 7 nitrogen and oxygen atoms in total. The van der Waals surface area contributed by atoms with Crippen molar-refractivity contribution in [1.29, 1.82) is 5.26 Å². The standard InChI is InChI=1S/C23H31N3O4.H2S/c1-16(2)20-15-29-23(27)26(20)10-7-17-5-8-25(9-6-17)13-19-14-28-21-4-3-18(12-24)11-22(21)30-19;/h3-4,11,16-17,19-20H,5-10,13-15H2,1-2H3;1H2/t19-,20+;/m0./s1. The zero-order valence-electron chi connectivity index (χ0n) is 18.4. The molecule has 0 spiro atoms. The van der Waals surface area contributed by atoms with Crippen molar-refractivity contribution in [2.75, 3.05) is 39.4 Å². The number of carbonyl (C=O) groups excluding carboxylic acids is 1. The van der Waals surface area contributed by atoms with E-state index in [1.807, 2.05) is 4.90 Å². The summed E-state index contributed by atoms with van der Waals surface area (Å²) in [4.78, 5) is 16.4. The molecule has 3 aliphatic heterocycles. The molecular weight excluding hydrogens is 414 g/mol. The smallest absolute Gasteiger partial charge is 0.410 e. The van der Waals surface area contributed by atoms with E-state index in [0.29, 0.717) is 42.1 Å². The molecule has 0 unspecified atom stereocenters. The van der Waals surface area contributed by atoms with E-state index in [0.717, 1.165) is 45.4 Å². The maximum absolute atomic E-state index is 12.0. The van der Waals surface area contributed by atoms with Crippen LogP contribution in [0.25, 0.3) is 0 Å². The molecule has 2 atom stereocenters. The van der Waals surface area contributed by atoms with Crippen LogP contribution in [0.4, 0.5) is 4.79 Å². The number of hydrogen-bond donors (Lipinski definition) is 0. The van der Waals surface area contributed by atoms with Gasteiger partial charge in [0.05, 0.1) is 17.7 Å². The minimum absolute atomic E-state index is 0. The van der Waals surface area contributed by atoms with E-state index >= 15 is 0 Å². The lowest BCUT2D eigenvalue weighted by atomic mass is 9.92. The van der Waals surface area contributed by atoms with Crippen molar-refractivity contribution in [2.24, 2.45) is 11.8 Å². The molecule has 0 N–H and O–H groups in total. The molecule has 1 aromatic rings. The van der Waals surface area contributed by atoms with Crippen LogP contribution in [0.15, 0.2) is 18.2 Å². The number of nitrogens with zero attached hydrogens (tertiary/aromatic N) is 3. The van der Waals surface area contributed by atoms with Gasteiger partial charge in [0.1, 0.15) is 19.3 Å². The number of fused-ring (bicyclic) bond motifs is 1. The van der Waals surface area contributed by atoms with E-state index in [2.05, 4.69) is 24.8 Å². The highest BCUT2D eigenvalue weighted by molar-refractivity contribution is 7.59. The Balaban J connectivity index is 0.00000272. The number of cyclic esters (lactones) is 1. The number of hydrogen-bond acceptors (Lipinski definition) is 6. The Kier molecular flexibility index (Phi) is 7.95. The van der Waals surface area contributed by atoms with Crippen molar-refractivity contribution in [2.45, 2.75) is 45.3 Å². The van der Waals surface area contributed by atoms with Crippen LogP contribution in [0, 0.1) is 23.2 Å². The number of rotatable bonds is 6. The zero-order chi connectivity index (χ0) is 21.1. The third kappa shape index (κ3) is 5.58. The second-order valence-electron chi connectivity index (χ2n) is 8.94. The number of piperidine rings is 1. The van der Waals surface area contributed by atoms with Crippen molar-refractivity contribution in [1.82, 2.24) is 9.80 Å². The molecule has 0 saturated carbocycles. The molecular formula is C23H33N3O4S. The molecule has 8 heteroatoms. The second kappa shape index (κ2) is 10.5. The lowest BCUT2D eigenvalue weighted by molar-refractivity contribution is 0.0464. The summed E-state index contributed by atoms with van der Waals surface area (Å²) in [6, 6.07) is 7.66. The molecule has 2 saturated heterocycles. The van der Waals surface area contributed by atoms with Crippen molar-refractivity contribution in [3.63, 3.8) is 0 Å². The first-order chi connectivity index (χ1) is 14.5. The summed E-state index contributed by atoms with van der Waals surface area (Å²) in [5.41, 5.74) is 0.584. The molecule has 0 aromatic heterocycles. The first-order valence-corrected chi connectivity index (χ1v) is 11.0. The predicted molar refractivity (Wildman–Crippen MR) is 122 cm³/mol. The van der Waals surface area contributed by atoms with Gasteiger partial charge in [0.2, 0.25) is 0 Å². The first-order valence-electron chi connectivity index (χ1n) is 11.0. The van der Waals surface area contributed by atoms with Crippen LogP contribution in [-0.2, 0) is 4.74 Å². The van der Waals surface area contributed by atoms with Crippen LogP contribution in [0.5, 0.6) is 11.5 Å². The largest absolute Gasteiger partial charge is 0.486 e. The van der Waals surface area contributed by atoms with E-state index in [-0.39, 0.29) is 31.7 Å². The molecule has 170 valence electrons. The Morgan fingerprint density at radius 2 is 1.94 bits per heavy atom. The molecule has 1 amide bonds. The van der Waals surface area contributed by atoms with Gasteiger partial charge in [-0.1, -0.05) is 13.8 Å². The van der Waals surface area contributed by atoms with Crippen LogP contribution < -0.4 is 9.47 Å². The lowest BCUT2D eigenvalue weighted by Crippen LogP contribution is -2.44. The number of amides is 1. The summed E-state index contributed by atoms with van der Waals surface area (Å²) in [6.07, 6.45) is 3.14. The summed E-state index contributed by atoms with van der Waals surface area (Å²) in [5.74, 6) is 2.44. The van der Waals surface area contributed by atoms with Gasteiger partial charge in [-0.15, -0.1) is 0 Å². The maximum Gasteiger partial charge on any atom is 0.410 e. The van der Waals surface area contributed by atoms with Gasteiger partial charge in [0.15, 0.2) is 11.5 Å². The second-order valence-corrected chi connectivity index (χ2v) is 8.94. The zero-order valence-corrected chi connectivity index (χ0v) is 19.4. The SMILES string of the molecule is CC(C)[C@H]1COC(=O)N1CCC1CCN(C[C@H]2COc3ccc(C#N)cc3O2)CC1.S. The molecule has 4 rings (SSSR count). The average Bonchev–Trinajstić information content (AvgIpc) is 3.13. The fourth-order valence-electron chi connectivity index (χ4n) is 4.62. The summed E-state index contributed by atoms with van der Waals surface area (Å²) >= 11 is 0. The number of ether oxygens (including phenoxy) is 3. The highest BCUT2D eigenvalue weighted by Gasteiger charge is 2.35. The van der Waals surface area contributed by atoms with Gasteiger partial charge in [-0.05, 0) is 56.3 Å². The summed E-state index contributed by atoms with van der Waals surface area (Å²) in [5, 5.41) is 9.08. The van der Waals surface area contributed by atoms with Gasteiger partial charge in [-0.2, -0.15) is 18.8 Å². The Labute approximate surface area is 191 Å². The highest BCUT2D eigenvalue weighted by Crippen LogP contribution is 2.33. The lowest BCUT2D eigenvalue weighted by Gasteiger charge is -2.36. The number of benzene rings is 1. The average molecular weight is 448 g/mol. The molecule has 0 bridgehead atoms. The molecule has 1 aromatic carbocycles. The van der Waals surface area contributed by atoms with Gasteiger partial charge >= 0.3 is 6.09 Å². The topological polar surface area (TPSA) is 75.0 Å². The Hall–Kier alpha value is -2.11. The summed E-state index contributed by atoms with van der Waals surface area (Å²) in [6.45, 7) is 9.05. The molecule has 3 heterocycles. The van der Waals surface area contributed by atoms with Crippen LogP contribution in [0.2, 0.25) is 0 Å². The third-order valence-electron chi connectivity index (χ3n) is 6.52. The van der Waals surface area contributed by atoms with Gasteiger partial charge < -0.3 is 19.1 Å². The molecule has 0 radical (unpaired) electrons. The molecule has 3 aliphatic rings. The van der Waals surface area contributed by atoms with Gasteiger partial charge in [-0.3, -0.25) is 4.90 Å². The van der Waals surface area contributed by atoms with Crippen molar-refractivity contribution >= 4 is 19.6 Å². The van der Waals surface area contributed by atoms with E-state index in [1.54, 1.807) is 18.2 Å². The van der Waals surface area contributed by atoms with Crippen LogP contribution >= 0.6 is 13.5 Å². The minimum atomic E-state index is -0.152. The van der Waals surface area contributed by atoms with E-state index in [1.165, 1.54) is 0 Å². The van der Waals surface area contributed by atoms with Crippen molar-refractivity contribution < 1.29 is 19.0 Å². The van der Waals surface area contributed by atoms with Gasteiger partial charge in [0.25, 0.3) is 0 Å². The van der Waals surface area contributed by atoms with Gasteiger partial charge in [-0.25, -0.2) is 4.79 Å². The third-order valence-corrected chi connectivity index (χ3v) is 6.52. The summed E-state index contributed by atoms with van der Waals surface area (Å²) < 4.78 is 17.2. The Morgan fingerprint density at radius 3 is 2.65 bits per heavy atom. The molecule has 31 heavy (non-hydrogen) atoms. The van der Waals surface area contributed by atoms with Gasteiger partial charge in [0, 0.05) is 19.2 Å². The Morgan fingerprint density at radius 1 is 1.16 bits per heavy atom. The number of carbonyl (C=O) groups is 1. The quantitative estimate of drug-likeness (QED) is 0.665. The summed E-state index contributed by atoms with van der Waals surface area (Å²) in [7, 11) is 0. The Bertz CT molecular complexity index is 805. The number of likely N-dealkylation sites (tertiary alicyclic amines) is 1. The number of nitriles is 1. The first kappa shape index (κ1) is 23.6. The van der Waals surface area contributed by atoms with E-state index in [9.17, 15) is 4.79 Å². The predicted octanol–water partition coefficient (Wildman–Crippen LogP) is 3.39. The van der Waals surface area contributed by atoms with Crippen molar-refractivity contribution in [3.05, 3.63) is 23.8 Å². The van der Waals surface area contributed by atoms with Crippen LogP contribution in [0.3, 0.4) is 0 Å². The fraction of sp³-hybridized carbons (Fsp3) is 0.652. The molecule has 0 aliphatic carbocycles. The van der Waals surface area contributed by atoms with Crippen LogP contribution in [-0.4, -0.2) is 67.4 Å². The monoisotopic (exact) mass is 447 g/mol. The highest BCUT2D eigenvalue weighted by atomic mass is 32.1. The normalized spacial score (nSPS) is 23.9. The van der Waals surface area contributed by atoms with Crippen LogP contribution in [0.1, 0.15) is 38.7 Å². The fourth-order valence-corrected chi connectivity index (χ4v) is 4.62.